The molecule has 4 aromatic rings. The Morgan fingerprint density at radius 2 is 2.06 bits per heavy atom. The van der Waals surface area contributed by atoms with Gasteiger partial charge in [-0.25, -0.2) is 14.2 Å². The average Bonchev–Trinajstić information content (AvgIpc) is 3.29. The standard InChI is InChI=1S/C23H19FN4O2S/c1-3-30-22(29)20-14(2)28-21(26-13-16-5-4-6-18(24)11-16)19(27-23(28)31-20)17-9-7-15(12-25)8-10-17/h4-11,26H,3,13H2,1-2H3. The molecule has 0 aliphatic heterocycles. The number of nitrogens with one attached hydrogen (secondary N) is 1. The molecular formula is C23H19FN4O2S. The third-order valence-corrected chi connectivity index (χ3v) is 5.92. The van der Waals surface area contributed by atoms with E-state index in [0.29, 0.717) is 45.8 Å². The van der Waals surface area contributed by atoms with Gasteiger partial charge in [-0.3, -0.25) is 4.40 Å². The smallest absolute Gasteiger partial charge is 0.350 e. The molecule has 0 unspecified atom stereocenters. The van der Waals surface area contributed by atoms with Crippen molar-refractivity contribution in [3.05, 3.63) is 76.0 Å². The third kappa shape index (κ3) is 4.00. The Morgan fingerprint density at radius 3 is 2.74 bits per heavy atom. The summed E-state index contributed by atoms with van der Waals surface area (Å²) >= 11 is 1.26. The molecule has 156 valence electrons. The van der Waals surface area contributed by atoms with Crippen LogP contribution in [-0.2, 0) is 11.3 Å². The number of halogens is 1. The van der Waals surface area contributed by atoms with E-state index in [1.807, 2.05) is 29.5 Å². The zero-order valence-electron chi connectivity index (χ0n) is 17.0. The Morgan fingerprint density at radius 1 is 1.29 bits per heavy atom. The topological polar surface area (TPSA) is 79.4 Å². The zero-order valence-corrected chi connectivity index (χ0v) is 17.8. The number of imidazole rings is 1. The number of anilines is 1. The van der Waals surface area contributed by atoms with Crippen LogP contribution in [0.4, 0.5) is 10.2 Å². The molecule has 0 fully saturated rings. The van der Waals surface area contributed by atoms with Crippen LogP contribution in [0.2, 0.25) is 0 Å². The van der Waals surface area contributed by atoms with Crippen LogP contribution < -0.4 is 5.32 Å². The molecule has 4 rings (SSSR count). The van der Waals surface area contributed by atoms with Crippen LogP contribution in [0.15, 0.2) is 48.5 Å². The van der Waals surface area contributed by atoms with Crippen molar-refractivity contribution in [1.82, 2.24) is 9.38 Å². The molecule has 31 heavy (non-hydrogen) atoms. The minimum Gasteiger partial charge on any atom is -0.462 e. The van der Waals surface area contributed by atoms with Crippen molar-refractivity contribution in [2.24, 2.45) is 0 Å². The average molecular weight is 434 g/mol. The van der Waals surface area contributed by atoms with Gasteiger partial charge in [-0.15, -0.1) is 0 Å². The van der Waals surface area contributed by atoms with Crippen LogP contribution in [0.25, 0.3) is 16.2 Å². The highest BCUT2D eigenvalue weighted by molar-refractivity contribution is 7.19. The first-order valence-electron chi connectivity index (χ1n) is 9.69. The third-order valence-electron chi connectivity index (χ3n) is 4.80. The summed E-state index contributed by atoms with van der Waals surface area (Å²) in [6.07, 6.45) is 0. The molecule has 0 amide bonds. The number of carbonyl (C=O) groups excluding carboxylic acids is 1. The van der Waals surface area contributed by atoms with Crippen LogP contribution in [0.5, 0.6) is 0 Å². The molecule has 0 saturated carbocycles. The highest BCUT2D eigenvalue weighted by Gasteiger charge is 2.23. The van der Waals surface area contributed by atoms with Gasteiger partial charge < -0.3 is 10.1 Å². The number of hydrogen-bond donors (Lipinski definition) is 1. The number of hydrogen-bond acceptors (Lipinski definition) is 6. The summed E-state index contributed by atoms with van der Waals surface area (Å²) in [5.41, 5.74) is 3.56. The number of ether oxygens (including phenoxy) is 1. The van der Waals surface area contributed by atoms with E-state index in [4.69, 9.17) is 15.0 Å². The van der Waals surface area contributed by atoms with E-state index < -0.39 is 0 Å². The number of carbonyl (C=O) groups is 1. The first-order chi connectivity index (χ1) is 15.0. The van der Waals surface area contributed by atoms with Crippen molar-refractivity contribution in [1.29, 1.82) is 5.26 Å². The monoisotopic (exact) mass is 434 g/mol. The van der Waals surface area contributed by atoms with Gasteiger partial charge >= 0.3 is 5.97 Å². The first-order valence-corrected chi connectivity index (χ1v) is 10.5. The Balaban J connectivity index is 1.80. The summed E-state index contributed by atoms with van der Waals surface area (Å²) in [6.45, 7) is 4.27. The molecule has 0 aliphatic carbocycles. The van der Waals surface area contributed by atoms with Crippen LogP contribution in [0, 0.1) is 24.1 Å². The normalized spacial score (nSPS) is 10.8. The molecular weight excluding hydrogens is 415 g/mol. The SMILES string of the molecule is CCOC(=O)c1sc2nc(-c3ccc(C#N)cc3)c(NCc3cccc(F)c3)n2c1C. The molecule has 0 spiro atoms. The minimum atomic E-state index is -0.383. The zero-order chi connectivity index (χ0) is 22.0. The van der Waals surface area contributed by atoms with E-state index in [0.717, 1.165) is 11.1 Å². The van der Waals surface area contributed by atoms with Crippen molar-refractivity contribution in [2.75, 3.05) is 11.9 Å². The van der Waals surface area contributed by atoms with Gasteiger partial charge in [0.25, 0.3) is 0 Å². The van der Waals surface area contributed by atoms with Crippen molar-refractivity contribution in [2.45, 2.75) is 20.4 Å². The van der Waals surface area contributed by atoms with E-state index >= 15 is 0 Å². The number of thiazole rings is 1. The molecule has 2 aromatic heterocycles. The predicted octanol–water partition coefficient (Wildman–Crippen LogP) is 5.17. The van der Waals surface area contributed by atoms with Crippen molar-refractivity contribution in [3.8, 4) is 17.3 Å². The minimum absolute atomic E-state index is 0.291. The highest BCUT2D eigenvalue weighted by Crippen LogP contribution is 2.35. The molecule has 0 atom stereocenters. The second kappa shape index (κ2) is 8.58. The summed E-state index contributed by atoms with van der Waals surface area (Å²) in [7, 11) is 0. The molecule has 0 saturated heterocycles. The van der Waals surface area contributed by atoms with Gasteiger partial charge in [-0.2, -0.15) is 5.26 Å². The lowest BCUT2D eigenvalue weighted by molar-refractivity contribution is 0.0531. The molecule has 6 nitrogen and oxygen atoms in total. The lowest BCUT2D eigenvalue weighted by Gasteiger charge is -2.10. The number of rotatable bonds is 6. The molecule has 0 aliphatic rings. The molecule has 0 radical (unpaired) electrons. The Hall–Kier alpha value is -3.70. The van der Waals surface area contributed by atoms with E-state index in [-0.39, 0.29) is 11.8 Å². The van der Waals surface area contributed by atoms with Crippen molar-refractivity contribution >= 4 is 28.1 Å². The summed E-state index contributed by atoms with van der Waals surface area (Å²) in [5, 5.41) is 12.4. The maximum atomic E-state index is 13.6. The summed E-state index contributed by atoms with van der Waals surface area (Å²) in [6, 6.07) is 15.6. The number of fused-ring (bicyclic) bond motifs is 1. The largest absolute Gasteiger partial charge is 0.462 e. The lowest BCUT2D eigenvalue weighted by atomic mass is 10.1. The van der Waals surface area contributed by atoms with E-state index in [9.17, 15) is 9.18 Å². The fraction of sp³-hybridized carbons (Fsp3) is 0.174. The summed E-state index contributed by atoms with van der Waals surface area (Å²) < 4.78 is 20.7. The molecule has 8 heteroatoms. The Kier molecular flexibility index (Phi) is 5.69. The number of aryl methyl sites for hydroxylation is 1. The number of benzene rings is 2. The predicted molar refractivity (Wildman–Crippen MR) is 118 cm³/mol. The van der Waals surface area contributed by atoms with Crippen molar-refractivity contribution in [3.63, 3.8) is 0 Å². The molecule has 0 bridgehead atoms. The van der Waals surface area contributed by atoms with Gasteiger partial charge in [0.15, 0.2) is 4.96 Å². The van der Waals surface area contributed by atoms with E-state index in [1.165, 1.54) is 23.5 Å². The molecule has 2 heterocycles. The molecule has 1 N–H and O–H groups in total. The van der Waals surface area contributed by atoms with Gasteiger partial charge in [-0.1, -0.05) is 35.6 Å². The number of aromatic nitrogens is 2. The van der Waals surface area contributed by atoms with Gasteiger partial charge in [-0.05, 0) is 43.7 Å². The van der Waals surface area contributed by atoms with Gasteiger partial charge in [0.2, 0.25) is 0 Å². The van der Waals surface area contributed by atoms with Crippen LogP contribution in [0.3, 0.4) is 0 Å². The fourth-order valence-electron chi connectivity index (χ4n) is 3.33. The maximum absolute atomic E-state index is 13.6. The first kappa shape index (κ1) is 20.6. The van der Waals surface area contributed by atoms with E-state index in [1.54, 1.807) is 25.1 Å². The Labute approximate surface area is 182 Å². The van der Waals surface area contributed by atoms with Crippen LogP contribution in [-0.4, -0.2) is 22.0 Å². The van der Waals surface area contributed by atoms with Gasteiger partial charge in [0.05, 0.1) is 18.2 Å². The quantitative estimate of drug-likeness (QED) is 0.424. The number of esters is 1. The Bertz CT molecular complexity index is 1300. The van der Waals surface area contributed by atoms with Crippen LogP contribution in [0.1, 0.15) is 33.4 Å². The summed E-state index contributed by atoms with van der Waals surface area (Å²) in [5.74, 6) is 0.00105. The second-order valence-corrected chi connectivity index (χ2v) is 7.81. The molecule has 2 aromatic carbocycles. The number of nitriles is 1. The van der Waals surface area contributed by atoms with Crippen LogP contribution >= 0.6 is 11.3 Å². The van der Waals surface area contributed by atoms with Gasteiger partial charge in [0, 0.05) is 17.8 Å². The van der Waals surface area contributed by atoms with E-state index in [2.05, 4.69) is 11.4 Å². The number of nitrogens with zero attached hydrogens (tertiary/aromatic N) is 3. The summed E-state index contributed by atoms with van der Waals surface area (Å²) in [4.78, 5) is 18.2. The highest BCUT2D eigenvalue weighted by atomic mass is 32.1. The maximum Gasteiger partial charge on any atom is 0.350 e. The van der Waals surface area contributed by atoms with Gasteiger partial charge in [0.1, 0.15) is 22.2 Å². The fourth-order valence-corrected chi connectivity index (χ4v) is 4.35. The lowest BCUT2D eigenvalue weighted by Crippen LogP contribution is -2.07. The van der Waals surface area contributed by atoms with Crippen molar-refractivity contribution < 1.29 is 13.9 Å². The second-order valence-electron chi connectivity index (χ2n) is 6.84.